The van der Waals surface area contributed by atoms with E-state index in [9.17, 15) is 0 Å². The maximum Gasteiger partial charge on any atom is 0.0367 e. The number of nitrogens with zero attached hydrogens (tertiary/aromatic N) is 1. The lowest BCUT2D eigenvalue weighted by Crippen LogP contribution is -2.28. The van der Waals surface area contributed by atoms with Crippen molar-refractivity contribution >= 4 is 6.21 Å². The van der Waals surface area contributed by atoms with Crippen molar-refractivity contribution in [1.82, 2.24) is 5.32 Å². The molecule has 0 radical (unpaired) electrons. The van der Waals surface area contributed by atoms with Gasteiger partial charge in [0.15, 0.2) is 0 Å². The summed E-state index contributed by atoms with van der Waals surface area (Å²) in [7, 11) is 0. The zero-order valence-electron chi connectivity index (χ0n) is 7.64. The van der Waals surface area contributed by atoms with E-state index in [1.165, 1.54) is 31.6 Å². The molecule has 1 saturated heterocycles. The van der Waals surface area contributed by atoms with Crippen LogP contribution in [0.3, 0.4) is 0 Å². The minimum absolute atomic E-state index is 0.814. The van der Waals surface area contributed by atoms with Crippen LogP contribution in [0.5, 0.6) is 0 Å². The Morgan fingerprint density at radius 1 is 1.42 bits per heavy atom. The van der Waals surface area contributed by atoms with Gasteiger partial charge in [-0.25, -0.2) is 0 Å². The first-order valence-corrected chi connectivity index (χ1v) is 4.81. The first-order valence-electron chi connectivity index (χ1n) is 4.81. The first-order chi connectivity index (χ1) is 5.88. The molecule has 0 aromatic heterocycles. The zero-order chi connectivity index (χ0) is 8.39. The van der Waals surface area contributed by atoms with Crippen LogP contribution in [0.4, 0.5) is 0 Å². The molecule has 2 nitrogen and oxygen atoms in total. The van der Waals surface area contributed by atoms with Crippen LogP contribution in [-0.2, 0) is 0 Å². The van der Waals surface area contributed by atoms with Crippen molar-refractivity contribution < 1.29 is 0 Å². The molecule has 2 aliphatic rings. The molecule has 0 aromatic carbocycles. The predicted molar refractivity (Wildman–Crippen MR) is 51.4 cm³/mol. The second-order valence-corrected chi connectivity index (χ2v) is 3.65. The van der Waals surface area contributed by atoms with Crippen LogP contribution in [0.15, 0.2) is 16.3 Å². The molecule has 1 N–H and O–H groups in total. The molecule has 0 saturated carbocycles. The van der Waals surface area contributed by atoms with E-state index in [0.29, 0.717) is 0 Å². The number of hydrogen-bond donors (Lipinski definition) is 1. The van der Waals surface area contributed by atoms with Crippen LogP contribution in [0.25, 0.3) is 0 Å². The minimum Gasteiger partial charge on any atom is -0.317 e. The lowest BCUT2D eigenvalue weighted by Gasteiger charge is -2.24. The summed E-state index contributed by atoms with van der Waals surface area (Å²) in [5.41, 5.74) is 2.87. The number of allylic oxidation sites excluding steroid dienone is 2. The molecule has 0 bridgehead atoms. The van der Waals surface area contributed by atoms with E-state index in [2.05, 4.69) is 17.2 Å². The number of hydrogen-bond acceptors (Lipinski definition) is 2. The van der Waals surface area contributed by atoms with Gasteiger partial charge in [0.25, 0.3) is 0 Å². The summed E-state index contributed by atoms with van der Waals surface area (Å²) >= 11 is 0. The maximum atomic E-state index is 4.33. The molecule has 0 unspecified atom stereocenters. The second kappa shape index (κ2) is 3.40. The molecule has 2 aliphatic heterocycles. The lowest BCUT2D eigenvalue weighted by atomic mass is 9.88. The topological polar surface area (TPSA) is 24.4 Å². The fourth-order valence-electron chi connectivity index (χ4n) is 2.14. The van der Waals surface area contributed by atoms with Gasteiger partial charge >= 0.3 is 0 Å². The monoisotopic (exact) mass is 164 g/mol. The van der Waals surface area contributed by atoms with E-state index >= 15 is 0 Å². The normalized spacial score (nSPS) is 25.4. The van der Waals surface area contributed by atoms with Crippen LogP contribution in [-0.4, -0.2) is 19.3 Å². The van der Waals surface area contributed by atoms with Gasteiger partial charge in [0, 0.05) is 18.3 Å². The van der Waals surface area contributed by atoms with Crippen molar-refractivity contribution in [2.45, 2.75) is 26.2 Å². The molecule has 2 heterocycles. The summed E-state index contributed by atoms with van der Waals surface area (Å²) in [6.45, 7) is 4.50. The summed E-state index contributed by atoms with van der Waals surface area (Å²) in [4.78, 5) is 4.33. The quantitative estimate of drug-likeness (QED) is 0.627. The van der Waals surface area contributed by atoms with Gasteiger partial charge < -0.3 is 5.32 Å². The number of nitrogens with one attached hydrogen (secondary N) is 1. The third-order valence-corrected chi connectivity index (χ3v) is 2.89. The van der Waals surface area contributed by atoms with Crippen LogP contribution >= 0.6 is 0 Å². The molecule has 0 aromatic rings. The van der Waals surface area contributed by atoms with Crippen LogP contribution in [0, 0.1) is 5.92 Å². The SMILES string of the molecule is CC1=C(C2CCNCC2)CC=N1. The summed E-state index contributed by atoms with van der Waals surface area (Å²) in [6, 6.07) is 0. The first kappa shape index (κ1) is 7.99. The van der Waals surface area contributed by atoms with E-state index in [1.807, 2.05) is 6.21 Å². The minimum atomic E-state index is 0.814. The Labute approximate surface area is 73.8 Å². The van der Waals surface area contributed by atoms with E-state index in [1.54, 1.807) is 5.57 Å². The third kappa shape index (κ3) is 1.44. The van der Waals surface area contributed by atoms with Crippen molar-refractivity contribution in [3.8, 4) is 0 Å². The average molecular weight is 164 g/mol. The summed E-state index contributed by atoms with van der Waals surface area (Å²) in [5.74, 6) is 0.814. The van der Waals surface area contributed by atoms with E-state index in [0.717, 1.165) is 12.3 Å². The van der Waals surface area contributed by atoms with Crippen LogP contribution < -0.4 is 5.32 Å². The Hall–Kier alpha value is -0.630. The Morgan fingerprint density at radius 3 is 2.75 bits per heavy atom. The molecular formula is C10H16N2. The molecule has 0 atom stereocenters. The largest absolute Gasteiger partial charge is 0.317 e. The average Bonchev–Trinajstić information content (AvgIpc) is 2.53. The highest BCUT2D eigenvalue weighted by molar-refractivity contribution is 5.67. The summed E-state index contributed by atoms with van der Waals surface area (Å²) < 4.78 is 0. The van der Waals surface area contributed by atoms with Crippen molar-refractivity contribution in [2.75, 3.05) is 13.1 Å². The smallest absolute Gasteiger partial charge is 0.0367 e. The molecule has 12 heavy (non-hydrogen) atoms. The van der Waals surface area contributed by atoms with Gasteiger partial charge in [0.1, 0.15) is 0 Å². The van der Waals surface area contributed by atoms with Gasteiger partial charge in [0.05, 0.1) is 0 Å². The fourth-order valence-corrected chi connectivity index (χ4v) is 2.14. The van der Waals surface area contributed by atoms with Gasteiger partial charge in [-0.05, 0) is 44.3 Å². The summed E-state index contributed by atoms with van der Waals surface area (Å²) in [5, 5.41) is 3.39. The Morgan fingerprint density at radius 2 is 2.17 bits per heavy atom. The van der Waals surface area contributed by atoms with Crippen molar-refractivity contribution in [2.24, 2.45) is 10.9 Å². The third-order valence-electron chi connectivity index (χ3n) is 2.89. The van der Waals surface area contributed by atoms with Gasteiger partial charge in [-0.2, -0.15) is 0 Å². The highest BCUT2D eigenvalue weighted by atomic mass is 14.9. The number of rotatable bonds is 1. The van der Waals surface area contributed by atoms with Gasteiger partial charge in [-0.15, -0.1) is 0 Å². The van der Waals surface area contributed by atoms with Gasteiger partial charge in [-0.1, -0.05) is 0 Å². The Bertz CT molecular complexity index is 222. The van der Waals surface area contributed by atoms with E-state index in [4.69, 9.17) is 0 Å². The molecular weight excluding hydrogens is 148 g/mol. The molecule has 0 aliphatic carbocycles. The van der Waals surface area contributed by atoms with Crippen LogP contribution in [0.2, 0.25) is 0 Å². The molecule has 2 heteroatoms. The molecule has 2 rings (SSSR count). The molecule has 66 valence electrons. The number of piperidine rings is 1. The maximum absolute atomic E-state index is 4.33. The molecule has 0 amide bonds. The van der Waals surface area contributed by atoms with Crippen molar-refractivity contribution in [1.29, 1.82) is 0 Å². The highest BCUT2D eigenvalue weighted by Crippen LogP contribution is 2.29. The highest BCUT2D eigenvalue weighted by Gasteiger charge is 2.20. The number of aliphatic imine (C=N–C) groups is 1. The Balaban J connectivity index is 2.04. The molecule has 0 spiro atoms. The molecule has 1 fully saturated rings. The standard InChI is InChI=1S/C10H16N2/c1-8-10(4-7-12-8)9-2-5-11-6-3-9/h7,9,11H,2-6H2,1H3. The van der Waals surface area contributed by atoms with Gasteiger partial charge in [0.2, 0.25) is 0 Å². The van der Waals surface area contributed by atoms with E-state index < -0.39 is 0 Å². The predicted octanol–water partition coefficient (Wildman–Crippen LogP) is 1.73. The Kier molecular flexibility index (Phi) is 2.26. The zero-order valence-corrected chi connectivity index (χ0v) is 7.64. The van der Waals surface area contributed by atoms with Gasteiger partial charge in [-0.3, -0.25) is 4.99 Å². The fraction of sp³-hybridized carbons (Fsp3) is 0.700. The van der Waals surface area contributed by atoms with Crippen molar-refractivity contribution in [3.63, 3.8) is 0 Å². The van der Waals surface area contributed by atoms with Crippen molar-refractivity contribution in [3.05, 3.63) is 11.3 Å². The van der Waals surface area contributed by atoms with E-state index in [-0.39, 0.29) is 0 Å². The lowest BCUT2D eigenvalue weighted by molar-refractivity contribution is 0.416. The van der Waals surface area contributed by atoms with Crippen LogP contribution in [0.1, 0.15) is 26.2 Å². The second-order valence-electron chi connectivity index (χ2n) is 3.65. The summed E-state index contributed by atoms with van der Waals surface area (Å²) in [6.07, 6.45) is 5.76.